The summed E-state index contributed by atoms with van der Waals surface area (Å²) in [4.78, 5) is 17.9. The first-order valence-corrected chi connectivity index (χ1v) is 11.8. The largest absolute Gasteiger partial charge is 0.260 e. The second-order valence-electron chi connectivity index (χ2n) is 8.70. The number of allylic oxidation sites excluding steroid dienone is 2. The average molecular weight is 447 g/mol. The van der Waals surface area contributed by atoms with Crippen molar-refractivity contribution in [2.45, 2.75) is 26.7 Å². The third-order valence-corrected chi connectivity index (χ3v) is 5.86. The first-order valence-electron chi connectivity index (χ1n) is 11.8. The van der Waals surface area contributed by atoms with Crippen LogP contribution in [-0.4, -0.2) is 23.6 Å². The number of hydrogen-bond donors (Lipinski definition) is 0. The van der Waals surface area contributed by atoms with E-state index in [9.17, 15) is 0 Å². The molecule has 0 bridgehead atoms. The zero-order chi connectivity index (χ0) is 23.6. The first-order chi connectivity index (χ1) is 16.7. The Morgan fingerprint density at radius 2 is 1.44 bits per heavy atom. The lowest BCUT2D eigenvalue weighted by atomic mass is 9.90. The van der Waals surface area contributed by atoms with Crippen molar-refractivity contribution in [2.75, 3.05) is 0 Å². The summed E-state index contributed by atoms with van der Waals surface area (Å²) in [6.07, 6.45) is 15.9. The number of hydrogen-bond acceptors (Lipinski definition) is 4. The van der Waals surface area contributed by atoms with Gasteiger partial charge in [-0.05, 0) is 72.2 Å². The van der Waals surface area contributed by atoms with E-state index in [-0.39, 0.29) is 0 Å². The van der Waals surface area contributed by atoms with Gasteiger partial charge in [-0.2, -0.15) is 0 Å². The molecule has 4 heteroatoms. The predicted octanol–water partition coefficient (Wildman–Crippen LogP) is 7.73. The first kappa shape index (κ1) is 23.2. The maximum absolute atomic E-state index is 4.60. The van der Waals surface area contributed by atoms with E-state index in [4.69, 9.17) is 0 Å². The maximum Gasteiger partial charge on any atom is 0.0812 e. The molecule has 0 saturated heterocycles. The average Bonchev–Trinajstić information content (AvgIpc) is 3.13. The summed E-state index contributed by atoms with van der Waals surface area (Å²) in [6, 6.07) is 22.1. The molecule has 0 N–H and O–H groups in total. The molecule has 0 amide bonds. The van der Waals surface area contributed by atoms with Crippen molar-refractivity contribution in [1.29, 1.82) is 0 Å². The van der Waals surface area contributed by atoms with E-state index in [2.05, 4.69) is 76.3 Å². The van der Waals surface area contributed by atoms with Crippen LogP contribution in [0, 0.1) is 11.8 Å². The molecule has 1 aliphatic rings. The summed E-state index contributed by atoms with van der Waals surface area (Å²) >= 11 is 0. The van der Waals surface area contributed by atoms with Crippen LogP contribution in [0.3, 0.4) is 0 Å². The van der Waals surface area contributed by atoms with E-state index in [1.165, 1.54) is 0 Å². The van der Waals surface area contributed by atoms with Crippen molar-refractivity contribution in [3.8, 4) is 0 Å². The Morgan fingerprint density at radius 1 is 0.794 bits per heavy atom. The second kappa shape index (κ2) is 11.8. The van der Waals surface area contributed by atoms with Gasteiger partial charge in [-0.15, -0.1) is 0 Å². The molecular formula is C30H30N4. The Morgan fingerprint density at radius 3 is 2.03 bits per heavy atom. The van der Waals surface area contributed by atoms with Crippen molar-refractivity contribution >= 4 is 42.2 Å². The van der Waals surface area contributed by atoms with Crippen LogP contribution in [0.1, 0.15) is 43.5 Å². The normalized spacial score (nSPS) is 16.6. The predicted molar refractivity (Wildman–Crippen MR) is 146 cm³/mol. The van der Waals surface area contributed by atoms with E-state index in [0.717, 1.165) is 46.7 Å². The number of nitrogens with zero attached hydrogens (tertiary/aromatic N) is 4. The van der Waals surface area contributed by atoms with E-state index in [1.807, 2.05) is 54.9 Å². The number of pyridine rings is 1. The van der Waals surface area contributed by atoms with E-state index >= 15 is 0 Å². The highest BCUT2D eigenvalue weighted by molar-refractivity contribution is 5.83. The summed E-state index contributed by atoms with van der Waals surface area (Å²) < 4.78 is 0. The van der Waals surface area contributed by atoms with Crippen LogP contribution in [0.15, 0.2) is 99.7 Å². The molecule has 0 spiro atoms. The van der Waals surface area contributed by atoms with Crippen LogP contribution >= 0.6 is 0 Å². The summed E-state index contributed by atoms with van der Waals surface area (Å²) in [6.45, 7) is 4.55. The highest BCUT2D eigenvalue weighted by atomic mass is 14.8. The fourth-order valence-corrected chi connectivity index (χ4v) is 3.61. The maximum atomic E-state index is 4.60. The Labute approximate surface area is 202 Å². The molecule has 1 atom stereocenters. The van der Waals surface area contributed by atoms with E-state index < -0.39 is 0 Å². The summed E-state index contributed by atoms with van der Waals surface area (Å²) in [7, 11) is 0. The molecule has 170 valence electrons. The Bertz CT molecular complexity index is 1200. The molecule has 34 heavy (non-hydrogen) atoms. The fraction of sp³-hybridized carbons (Fsp3) is 0.200. The molecule has 4 nitrogen and oxygen atoms in total. The van der Waals surface area contributed by atoms with Crippen LogP contribution in [0.5, 0.6) is 0 Å². The van der Waals surface area contributed by atoms with Gasteiger partial charge in [-0.3, -0.25) is 20.0 Å². The molecule has 3 aromatic rings. The molecule has 0 saturated carbocycles. The van der Waals surface area contributed by atoms with Gasteiger partial charge >= 0.3 is 0 Å². The topological polar surface area (TPSA) is 50.0 Å². The van der Waals surface area contributed by atoms with Gasteiger partial charge in [0.1, 0.15) is 0 Å². The quantitative estimate of drug-likeness (QED) is 0.271. The highest BCUT2D eigenvalue weighted by Crippen LogP contribution is 2.22. The third kappa shape index (κ3) is 7.04. The monoisotopic (exact) mass is 446 g/mol. The Hall–Kier alpha value is -3.92. The lowest BCUT2D eigenvalue weighted by molar-refractivity contribution is 0.405. The zero-order valence-electron chi connectivity index (χ0n) is 19.8. The van der Waals surface area contributed by atoms with Gasteiger partial charge in [-0.25, -0.2) is 0 Å². The smallest absolute Gasteiger partial charge is 0.0812 e. The van der Waals surface area contributed by atoms with Gasteiger partial charge in [-0.1, -0.05) is 62.4 Å². The fourth-order valence-electron chi connectivity index (χ4n) is 3.61. The van der Waals surface area contributed by atoms with Crippen LogP contribution in [0.4, 0.5) is 11.4 Å². The highest BCUT2D eigenvalue weighted by Gasteiger charge is 2.12. The summed E-state index contributed by atoms with van der Waals surface area (Å²) in [5.41, 5.74) is 5.86. The van der Waals surface area contributed by atoms with Gasteiger partial charge in [0.15, 0.2) is 0 Å². The van der Waals surface area contributed by atoms with Crippen LogP contribution < -0.4 is 0 Å². The van der Waals surface area contributed by atoms with Crippen molar-refractivity contribution in [3.63, 3.8) is 0 Å². The molecular weight excluding hydrogens is 416 g/mol. The number of aromatic nitrogens is 1. The van der Waals surface area contributed by atoms with Crippen molar-refractivity contribution in [1.82, 2.24) is 4.98 Å². The van der Waals surface area contributed by atoms with Crippen LogP contribution in [0.25, 0.3) is 12.2 Å². The minimum atomic E-state index is 0.663. The van der Waals surface area contributed by atoms with Gasteiger partial charge in [0, 0.05) is 12.4 Å². The molecule has 1 unspecified atom stereocenters. The molecule has 2 heterocycles. The zero-order valence-corrected chi connectivity index (χ0v) is 19.8. The minimum absolute atomic E-state index is 0.663. The third-order valence-electron chi connectivity index (χ3n) is 5.86. The standard InChI is InChI=1S/C30H30N4/c1-23(2)26-12-17-30(32-20-18-26)22-34-28-15-10-25(11-16-28)7-6-24-8-13-27(14-9-24)33-21-29-5-3-4-19-31-29/h3-11,13-17,19-23,26H,12,18H2,1-2H3/b7-6+,33-21?,34-22?. The van der Waals surface area contributed by atoms with E-state index in [1.54, 1.807) is 12.4 Å². The molecule has 4 rings (SSSR count). The van der Waals surface area contributed by atoms with Gasteiger partial charge in [0.05, 0.1) is 35.2 Å². The van der Waals surface area contributed by atoms with Crippen molar-refractivity contribution in [3.05, 3.63) is 102 Å². The molecule has 0 fully saturated rings. The van der Waals surface area contributed by atoms with Crippen molar-refractivity contribution < 1.29 is 0 Å². The molecule has 2 aromatic carbocycles. The van der Waals surface area contributed by atoms with Gasteiger partial charge in [0.25, 0.3) is 0 Å². The Kier molecular flexibility index (Phi) is 8.07. The lowest BCUT2D eigenvalue weighted by Gasteiger charge is -2.15. The van der Waals surface area contributed by atoms with Crippen LogP contribution in [-0.2, 0) is 0 Å². The number of benzene rings is 2. The van der Waals surface area contributed by atoms with E-state index in [0.29, 0.717) is 11.8 Å². The lowest BCUT2D eigenvalue weighted by Crippen LogP contribution is -2.07. The Balaban J connectivity index is 1.33. The molecule has 1 aliphatic heterocycles. The molecule has 0 radical (unpaired) electrons. The number of aliphatic imine (C=N–C) groups is 3. The summed E-state index contributed by atoms with van der Waals surface area (Å²) in [5, 5.41) is 0. The number of rotatable bonds is 7. The van der Waals surface area contributed by atoms with Gasteiger partial charge in [0.2, 0.25) is 0 Å². The summed E-state index contributed by atoms with van der Waals surface area (Å²) in [5.74, 6) is 1.33. The van der Waals surface area contributed by atoms with Gasteiger partial charge < -0.3 is 0 Å². The SMILES string of the molecule is CC(C)C1CC=NC(C=Nc2ccc(/C=C/c3ccc(N=Cc4ccccn4)cc3)cc2)=CC1. The van der Waals surface area contributed by atoms with Crippen molar-refractivity contribution in [2.24, 2.45) is 26.8 Å². The molecule has 0 aliphatic carbocycles. The van der Waals surface area contributed by atoms with Crippen LogP contribution in [0.2, 0.25) is 0 Å². The minimum Gasteiger partial charge on any atom is -0.260 e. The molecule has 1 aromatic heterocycles. The second-order valence-corrected chi connectivity index (χ2v) is 8.70.